The average molecular weight is 450 g/mol. The molecule has 1 N–H and O–H groups in total. The van der Waals surface area contributed by atoms with Crippen molar-refractivity contribution in [2.75, 3.05) is 0 Å². The summed E-state index contributed by atoms with van der Waals surface area (Å²) in [4.78, 5) is 17.1. The molecule has 1 aromatic heterocycles. The lowest BCUT2D eigenvalue weighted by Crippen LogP contribution is -2.19. The molecule has 8 heteroatoms. The zero-order chi connectivity index (χ0) is 19.7. The predicted molar refractivity (Wildman–Crippen MR) is 116 cm³/mol. The smallest absolute Gasteiger partial charge is 0.264 e. The fraction of sp³-hybridized carbons (Fsp3) is 0. The summed E-state index contributed by atoms with van der Waals surface area (Å²) in [7, 11) is 0. The predicted octanol–water partition coefficient (Wildman–Crippen LogP) is 6.80. The molecule has 0 saturated carbocycles. The van der Waals surface area contributed by atoms with Crippen molar-refractivity contribution in [3.63, 3.8) is 0 Å². The van der Waals surface area contributed by atoms with E-state index >= 15 is 0 Å². The average Bonchev–Trinajstić information content (AvgIpc) is 3.24. The van der Waals surface area contributed by atoms with E-state index in [1.165, 1.54) is 11.8 Å². The summed E-state index contributed by atoms with van der Waals surface area (Å²) in [6.45, 7) is 0. The molecule has 28 heavy (non-hydrogen) atoms. The van der Waals surface area contributed by atoms with Crippen LogP contribution in [0.5, 0.6) is 0 Å². The molecule has 0 bridgehead atoms. The molecule has 0 spiro atoms. The molecule has 2 heterocycles. The molecule has 4 nitrogen and oxygen atoms in total. The van der Waals surface area contributed by atoms with Crippen LogP contribution >= 0.6 is 46.6 Å². The van der Waals surface area contributed by atoms with Gasteiger partial charge in [0.1, 0.15) is 11.5 Å². The van der Waals surface area contributed by atoms with Crippen LogP contribution in [0.25, 0.3) is 17.4 Å². The third-order valence-corrected chi connectivity index (χ3v) is 5.51. The Labute approximate surface area is 180 Å². The van der Waals surface area contributed by atoms with Crippen LogP contribution in [0, 0.1) is 0 Å². The molecule has 4 rings (SSSR count). The first-order valence-electron chi connectivity index (χ1n) is 8.08. The number of halogens is 3. The highest BCUT2D eigenvalue weighted by atomic mass is 35.5. The van der Waals surface area contributed by atoms with Gasteiger partial charge in [-0.05, 0) is 66.4 Å². The van der Waals surface area contributed by atoms with Crippen molar-refractivity contribution >= 4 is 69.4 Å². The number of hydrogen-bond acceptors (Lipinski definition) is 4. The maximum atomic E-state index is 12.2. The van der Waals surface area contributed by atoms with Crippen LogP contribution in [0.1, 0.15) is 5.76 Å². The molecular formula is C20H11Cl3N2O2S. The molecule has 3 aromatic rings. The molecule has 0 unspecified atom stereocenters. The number of nitrogens with one attached hydrogen (secondary N) is 1. The lowest BCUT2D eigenvalue weighted by atomic mass is 10.2. The van der Waals surface area contributed by atoms with Crippen LogP contribution in [0.2, 0.25) is 15.1 Å². The topological polar surface area (TPSA) is 54.6 Å². The minimum absolute atomic E-state index is 0.236. The Bertz CT molecular complexity index is 1120. The third kappa shape index (κ3) is 4.28. The van der Waals surface area contributed by atoms with Gasteiger partial charge in [0.2, 0.25) is 0 Å². The number of furan rings is 1. The van der Waals surface area contributed by atoms with E-state index in [4.69, 9.17) is 39.2 Å². The zero-order valence-electron chi connectivity index (χ0n) is 14.1. The normalized spacial score (nSPS) is 16.8. The Morgan fingerprint density at radius 2 is 1.71 bits per heavy atom. The van der Waals surface area contributed by atoms with Crippen molar-refractivity contribution in [3.8, 4) is 11.3 Å². The van der Waals surface area contributed by atoms with E-state index < -0.39 is 0 Å². The number of carbonyl (C=O) groups is 1. The van der Waals surface area contributed by atoms with Crippen LogP contribution in [0.15, 0.2) is 68.9 Å². The van der Waals surface area contributed by atoms with Crippen LogP contribution < -0.4 is 5.32 Å². The summed E-state index contributed by atoms with van der Waals surface area (Å²) < 4.78 is 5.82. The second-order valence-corrected chi connectivity index (χ2v) is 8.10. The molecule has 2 aromatic carbocycles. The quantitative estimate of drug-likeness (QED) is 0.447. The zero-order valence-corrected chi connectivity index (χ0v) is 17.2. The monoisotopic (exact) mass is 448 g/mol. The van der Waals surface area contributed by atoms with Crippen molar-refractivity contribution in [1.82, 2.24) is 5.32 Å². The van der Waals surface area contributed by atoms with Gasteiger partial charge in [-0.1, -0.05) is 34.8 Å². The van der Waals surface area contributed by atoms with Crippen molar-refractivity contribution in [1.29, 1.82) is 0 Å². The number of thioether (sulfide) groups is 1. The Morgan fingerprint density at radius 3 is 2.46 bits per heavy atom. The van der Waals surface area contributed by atoms with Crippen molar-refractivity contribution in [2.24, 2.45) is 4.99 Å². The largest absolute Gasteiger partial charge is 0.457 e. The molecule has 1 aliphatic heterocycles. The van der Waals surface area contributed by atoms with E-state index in [0.717, 1.165) is 5.56 Å². The van der Waals surface area contributed by atoms with Gasteiger partial charge in [-0.2, -0.15) is 0 Å². The number of amides is 1. The molecule has 1 amide bonds. The first-order valence-corrected chi connectivity index (χ1v) is 10.0. The summed E-state index contributed by atoms with van der Waals surface area (Å²) in [6, 6.07) is 15.8. The van der Waals surface area contributed by atoms with E-state index in [1.54, 1.807) is 60.7 Å². The van der Waals surface area contributed by atoms with Crippen molar-refractivity contribution in [2.45, 2.75) is 0 Å². The Balaban J connectivity index is 1.55. The standard InChI is InChI=1S/C20H11Cl3N2O2S/c21-11-1-4-13(5-2-11)24-20-25-19(26)18(28-20)10-14-6-8-17(27-14)15-7-3-12(22)9-16(15)23/h1-10H,(H,24,25,26)/b18-10+. The molecule has 0 atom stereocenters. The number of hydrogen-bond donors (Lipinski definition) is 1. The number of carbonyl (C=O) groups excluding carboxylic acids is 1. The van der Waals surface area contributed by atoms with E-state index in [2.05, 4.69) is 10.3 Å². The first-order chi connectivity index (χ1) is 13.5. The van der Waals surface area contributed by atoms with Crippen LogP contribution in [-0.2, 0) is 4.79 Å². The molecule has 1 fully saturated rings. The fourth-order valence-electron chi connectivity index (χ4n) is 2.51. The molecule has 1 saturated heterocycles. The summed E-state index contributed by atoms with van der Waals surface area (Å²) >= 11 is 19.3. The number of benzene rings is 2. The van der Waals surface area contributed by atoms with Gasteiger partial charge in [-0.3, -0.25) is 4.79 Å². The van der Waals surface area contributed by atoms with Gasteiger partial charge in [-0.25, -0.2) is 4.99 Å². The Hall–Kier alpha value is -2.18. The Kier molecular flexibility index (Phi) is 5.51. The van der Waals surface area contributed by atoms with Gasteiger partial charge < -0.3 is 9.73 Å². The third-order valence-electron chi connectivity index (χ3n) is 3.80. The minimum atomic E-state index is -0.236. The number of aliphatic imine (C=N–C) groups is 1. The van der Waals surface area contributed by atoms with Gasteiger partial charge in [0.05, 0.1) is 15.6 Å². The summed E-state index contributed by atoms with van der Waals surface area (Å²) in [6.07, 6.45) is 1.66. The fourth-order valence-corrected chi connectivity index (χ4v) is 3.96. The van der Waals surface area contributed by atoms with Gasteiger partial charge in [-0.15, -0.1) is 0 Å². The van der Waals surface area contributed by atoms with Gasteiger partial charge in [0.15, 0.2) is 5.17 Å². The molecule has 0 aliphatic carbocycles. The van der Waals surface area contributed by atoms with Crippen LogP contribution in [-0.4, -0.2) is 11.1 Å². The van der Waals surface area contributed by atoms with Gasteiger partial charge >= 0.3 is 0 Å². The molecule has 140 valence electrons. The maximum Gasteiger partial charge on any atom is 0.264 e. The second kappa shape index (κ2) is 8.05. The van der Waals surface area contributed by atoms with E-state index in [0.29, 0.717) is 42.3 Å². The van der Waals surface area contributed by atoms with E-state index in [-0.39, 0.29) is 5.91 Å². The first kappa shape index (κ1) is 19.2. The summed E-state index contributed by atoms with van der Waals surface area (Å²) in [5.74, 6) is 0.888. The van der Waals surface area contributed by atoms with Gasteiger partial charge in [0.25, 0.3) is 5.91 Å². The number of nitrogens with zero attached hydrogens (tertiary/aromatic N) is 1. The van der Waals surface area contributed by atoms with E-state index in [1.807, 2.05) is 0 Å². The lowest BCUT2D eigenvalue weighted by molar-refractivity contribution is -0.115. The van der Waals surface area contributed by atoms with Crippen LogP contribution in [0.3, 0.4) is 0 Å². The van der Waals surface area contributed by atoms with Gasteiger partial charge in [0, 0.05) is 21.7 Å². The highest BCUT2D eigenvalue weighted by Crippen LogP contribution is 2.33. The van der Waals surface area contributed by atoms with Crippen LogP contribution in [0.4, 0.5) is 5.69 Å². The van der Waals surface area contributed by atoms with Crippen molar-refractivity contribution in [3.05, 3.63) is 80.3 Å². The lowest BCUT2D eigenvalue weighted by Gasteiger charge is -2.00. The highest BCUT2D eigenvalue weighted by Gasteiger charge is 2.24. The highest BCUT2D eigenvalue weighted by molar-refractivity contribution is 8.18. The molecule has 1 aliphatic rings. The Morgan fingerprint density at radius 1 is 0.964 bits per heavy atom. The summed E-state index contributed by atoms with van der Waals surface area (Å²) in [5, 5.41) is 4.90. The maximum absolute atomic E-state index is 12.2. The summed E-state index contributed by atoms with van der Waals surface area (Å²) in [5.41, 5.74) is 1.43. The number of rotatable bonds is 3. The number of amidine groups is 1. The van der Waals surface area contributed by atoms with Crippen molar-refractivity contribution < 1.29 is 9.21 Å². The minimum Gasteiger partial charge on any atom is -0.457 e. The molecular weight excluding hydrogens is 439 g/mol. The second-order valence-electron chi connectivity index (χ2n) is 5.78. The molecule has 0 radical (unpaired) electrons. The SMILES string of the molecule is O=C1NC(=Nc2ccc(Cl)cc2)S/C1=C/c1ccc(-c2ccc(Cl)cc2Cl)o1. The van der Waals surface area contributed by atoms with E-state index in [9.17, 15) is 4.79 Å².